The van der Waals surface area contributed by atoms with Crippen LogP contribution in [-0.4, -0.2) is 11.6 Å². The fourth-order valence-corrected chi connectivity index (χ4v) is 2.07. The maximum absolute atomic E-state index is 11.8. The predicted octanol–water partition coefficient (Wildman–Crippen LogP) is 1.81. The van der Waals surface area contributed by atoms with Crippen LogP contribution >= 0.6 is 11.6 Å². The first-order chi connectivity index (χ1) is 7.59. The van der Waals surface area contributed by atoms with Crippen LogP contribution in [-0.2, 0) is 9.59 Å². The number of Topliss-reactive ketones (excluding diaryl/α,β-unsaturated/α-hetero) is 1. The van der Waals surface area contributed by atoms with Gasteiger partial charge in [0.2, 0.25) is 0 Å². The molecule has 0 heterocycles. The average Bonchev–Trinajstić information content (AvgIpc) is 2.24. The Labute approximate surface area is 97.9 Å². The van der Waals surface area contributed by atoms with Gasteiger partial charge in [-0.3, -0.25) is 9.59 Å². The fourth-order valence-electron chi connectivity index (χ4n) is 1.81. The third-order valence-corrected chi connectivity index (χ3v) is 2.95. The van der Waals surface area contributed by atoms with Crippen LogP contribution < -0.4 is 5.73 Å². The van der Waals surface area contributed by atoms with E-state index in [2.05, 4.69) is 0 Å². The quantitative estimate of drug-likeness (QED) is 0.808. The molecule has 1 aromatic carbocycles. The zero-order valence-corrected chi connectivity index (χ0v) is 9.20. The van der Waals surface area contributed by atoms with E-state index in [-0.39, 0.29) is 23.7 Å². The SMILES string of the molecule is NC1=CC(=O)C[C@@H](c2ccccc2Cl)C1=O. The third-order valence-electron chi connectivity index (χ3n) is 2.60. The number of hydrogen-bond donors (Lipinski definition) is 1. The van der Waals surface area contributed by atoms with Gasteiger partial charge in [-0.25, -0.2) is 0 Å². The molecule has 0 radical (unpaired) electrons. The second kappa shape index (κ2) is 4.10. The molecule has 1 aliphatic carbocycles. The lowest BCUT2D eigenvalue weighted by atomic mass is 9.84. The molecule has 1 atom stereocenters. The molecule has 0 saturated heterocycles. The molecule has 0 amide bonds. The van der Waals surface area contributed by atoms with Gasteiger partial charge in [-0.2, -0.15) is 0 Å². The van der Waals surface area contributed by atoms with E-state index in [0.717, 1.165) is 0 Å². The highest BCUT2D eigenvalue weighted by Gasteiger charge is 2.30. The van der Waals surface area contributed by atoms with E-state index in [1.165, 1.54) is 6.08 Å². The molecular formula is C12H10ClNO2. The van der Waals surface area contributed by atoms with E-state index < -0.39 is 5.92 Å². The Hall–Kier alpha value is -1.61. The lowest BCUT2D eigenvalue weighted by Gasteiger charge is -2.19. The maximum atomic E-state index is 11.8. The van der Waals surface area contributed by atoms with E-state index in [0.29, 0.717) is 10.6 Å². The second-order valence-electron chi connectivity index (χ2n) is 3.71. The van der Waals surface area contributed by atoms with Crippen molar-refractivity contribution in [2.45, 2.75) is 12.3 Å². The summed E-state index contributed by atoms with van der Waals surface area (Å²) >= 11 is 5.99. The highest BCUT2D eigenvalue weighted by Crippen LogP contribution is 2.31. The summed E-state index contributed by atoms with van der Waals surface area (Å²) in [5.41, 5.74) is 6.17. The van der Waals surface area contributed by atoms with Gasteiger partial charge in [0, 0.05) is 17.5 Å². The van der Waals surface area contributed by atoms with Crippen LogP contribution in [0.3, 0.4) is 0 Å². The Morgan fingerprint density at radius 1 is 1.25 bits per heavy atom. The van der Waals surface area contributed by atoms with Gasteiger partial charge in [0.15, 0.2) is 11.6 Å². The van der Waals surface area contributed by atoms with Gasteiger partial charge in [-0.15, -0.1) is 0 Å². The Morgan fingerprint density at radius 2 is 1.94 bits per heavy atom. The third kappa shape index (κ3) is 1.86. The van der Waals surface area contributed by atoms with Crippen LogP contribution in [0.5, 0.6) is 0 Å². The van der Waals surface area contributed by atoms with Gasteiger partial charge in [0.05, 0.1) is 11.6 Å². The number of benzene rings is 1. The van der Waals surface area contributed by atoms with E-state index in [4.69, 9.17) is 17.3 Å². The zero-order valence-electron chi connectivity index (χ0n) is 8.44. The number of ketones is 2. The normalized spacial score (nSPS) is 20.8. The molecular weight excluding hydrogens is 226 g/mol. The van der Waals surface area contributed by atoms with Gasteiger partial charge in [-0.1, -0.05) is 29.8 Å². The smallest absolute Gasteiger partial charge is 0.186 e. The van der Waals surface area contributed by atoms with Crippen LogP contribution in [0.25, 0.3) is 0 Å². The summed E-state index contributed by atoms with van der Waals surface area (Å²) in [6.45, 7) is 0. The highest BCUT2D eigenvalue weighted by molar-refractivity contribution is 6.32. The van der Waals surface area contributed by atoms with E-state index in [1.807, 2.05) is 0 Å². The van der Waals surface area contributed by atoms with E-state index in [1.54, 1.807) is 24.3 Å². The van der Waals surface area contributed by atoms with Crippen LogP contribution in [0.4, 0.5) is 0 Å². The lowest BCUT2D eigenvalue weighted by Crippen LogP contribution is -2.27. The number of carbonyl (C=O) groups excluding carboxylic acids is 2. The molecule has 82 valence electrons. The molecule has 0 spiro atoms. The molecule has 0 saturated carbocycles. The van der Waals surface area contributed by atoms with Crippen LogP contribution in [0.2, 0.25) is 5.02 Å². The molecule has 0 bridgehead atoms. The first-order valence-corrected chi connectivity index (χ1v) is 5.26. The number of carbonyl (C=O) groups is 2. The number of allylic oxidation sites excluding steroid dienone is 2. The van der Waals surface area contributed by atoms with Crippen LogP contribution in [0.1, 0.15) is 17.9 Å². The van der Waals surface area contributed by atoms with Gasteiger partial charge in [-0.05, 0) is 11.6 Å². The van der Waals surface area contributed by atoms with Crippen molar-refractivity contribution in [3.8, 4) is 0 Å². The van der Waals surface area contributed by atoms with Crippen molar-refractivity contribution in [2.75, 3.05) is 0 Å². The van der Waals surface area contributed by atoms with E-state index >= 15 is 0 Å². The largest absolute Gasteiger partial charge is 0.396 e. The molecule has 0 unspecified atom stereocenters. The molecule has 16 heavy (non-hydrogen) atoms. The standard InChI is InChI=1S/C12H10ClNO2/c13-10-4-2-1-3-8(10)9-5-7(15)6-11(14)12(9)16/h1-4,6,9H,5,14H2/t9-/m0/s1. The number of rotatable bonds is 1. The average molecular weight is 236 g/mol. The first-order valence-electron chi connectivity index (χ1n) is 4.88. The molecule has 2 rings (SSSR count). The summed E-state index contributed by atoms with van der Waals surface area (Å²) in [5.74, 6) is -0.902. The summed E-state index contributed by atoms with van der Waals surface area (Å²) in [4.78, 5) is 23.2. The molecule has 1 aromatic rings. The van der Waals surface area contributed by atoms with Crippen molar-refractivity contribution in [1.29, 1.82) is 0 Å². The van der Waals surface area contributed by atoms with Crippen LogP contribution in [0.15, 0.2) is 36.0 Å². The fraction of sp³-hybridized carbons (Fsp3) is 0.167. The van der Waals surface area contributed by atoms with Crippen molar-refractivity contribution in [2.24, 2.45) is 5.73 Å². The molecule has 1 aliphatic rings. The molecule has 0 aromatic heterocycles. The minimum absolute atomic E-state index is 0.0150. The summed E-state index contributed by atoms with van der Waals surface area (Å²) in [6.07, 6.45) is 1.33. The van der Waals surface area contributed by atoms with E-state index in [9.17, 15) is 9.59 Å². The monoisotopic (exact) mass is 235 g/mol. The van der Waals surface area contributed by atoms with Gasteiger partial charge in [0.25, 0.3) is 0 Å². The van der Waals surface area contributed by atoms with Crippen LogP contribution in [0, 0.1) is 0 Å². The lowest BCUT2D eigenvalue weighted by molar-refractivity contribution is -0.123. The molecule has 0 fully saturated rings. The number of halogens is 1. The molecule has 0 aliphatic heterocycles. The van der Waals surface area contributed by atoms with Crippen molar-refractivity contribution in [1.82, 2.24) is 0 Å². The number of nitrogens with two attached hydrogens (primary N) is 1. The van der Waals surface area contributed by atoms with Gasteiger partial charge >= 0.3 is 0 Å². The molecule has 4 heteroatoms. The van der Waals surface area contributed by atoms with Gasteiger partial charge in [0.1, 0.15) is 0 Å². The highest BCUT2D eigenvalue weighted by atomic mass is 35.5. The predicted molar refractivity (Wildman–Crippen MR) is 61.1 cm³/mol. The molecule has 3 nitrogen and oxygen atoms in total. The maximum Gasteiger partial charge on any atom is 0.186 e. The Morgan fingerprint density at radius 3 is 2.62 bits per heavy atom. The Bertz CT molecular complexity index is 494. The Kier molecular flexibility index (Phi) is 2.79. The summed E-state index contributed by atoms with van der Waals surface area (Å²) in [5, 5.41) is 0.489. The molecule has 2 N–H and O–H groups in total. The minimum atomic E-state index is -0.536. The van der Waals surface area contributed by atoms with Crippen molar-refractivity contribution in [3.05, 3.63) is 46.6 Å². The Balaban J connectivity index is 2.43. The summed E-state index contributed by atoms with van der Waals surface area (Å²) in [6, 6.07) is 7.01. The minimum Gasteiger partial charge on any atom is -0.396 e. The zero-order chi connectivity index (χ0) is 11.7. The summed E-state index contributed by atoms with van der Waals surface area (Å²) < 4.78 is 0. The van der Waals surface area contributed by atoms with Gasteiger partial charge < -0.3 is 5.73 Å². The second-order valence-corrected chi connectivity index (χ2v) is 4.12. The van der Waals surface area contributed by atoms with Crippen molar-refractivity contribution < 1.29 is 9.59 Å². The number of hydrogen-bond acceptors (Lipinski definition) is 3. The van der Waals surface area contributed by atoms with Crippen molar-refractivity contribution in [3.63, 3.8) is 0 Å². The summed E-state index contributed by atoms with van der Waals surface area (Å²) in [7, 11) is 0. The first kappa shape index (κ1) is 10.9. The van der Waals surface area contributed by atoms with Crippen molar-refractivity contribution >= 4 is 23.2 Å². The topological polar surface area (TPSA) is 60.2 Å².